The standard InChI is InChI=1S/C19H17N5O4/c1-12(2)23-19(26)16-9-4-3-8-15(16)17(22-23)18(25)21-20-11-13-6-5-7-14(10-13)24(27)28/h3-12H,1-2H3,(H,21,25)/b20-11-. The Hall–Kier alpha value is -3.88. The van der Waals surface area contributed by atoms with E-state index in [4.69, 9.17) is 0 Å². The number of carbonyl (C=O) groups excluding carboxylic acids is 1. The topological polar surface area (TPSA) is 119 Å². The van der Waals surface area contributed by atoms with Gasteiger partial charge in [-0.2, -0.15) is 10.2 Å². The zero-order valence-corrected chi connectivity index (χ0v) is 15.2. The highest BCUT2D eigenvalue weighted by atomic mass is 16.6. The number of amides is 1. The first-order chi connectivity index (χ1) is 13.4. The summed E-state index contributed by atoms with van der Waals surface area (Å²) in [6.07, 6.45) is 1.30. The minimum atomic E-state index is -0.590. The van der Waals surface area contributed by atoms with E-state index in [2.05, 4.69) is 15.6 Å². The summed E-state index contributed by atoms with van der Waals surface area (Å²) in [4.78, 5) is 35.4. The second-order valence-corrected chi connectivity index (χ2v) is 6.29. The van der Waals surface area contributed by atoms with Crippen LogP contribution in [0.25, 0.3) is 10.8 Å². The molecule has 0 spiro atoms. The van der Waals surface area contributed by atoms with E-state index in [-0.39, 0.29) is 23.0 Å². The number of nitrogens with one attached hydrogen (secondary N) is 1. The molecule has 0 aliphatic heterocycles. The maximum atomic E-state index is 12.6. The van der Waals surface area contributed by atoms with Crippen LogP contribution in [0.15, 0.2) is 58.4 Å². The fraction of sp³-hybridized carbons (Fsp3) is 0.158. The van der Waals surface area contributed by atoms with E-state index in [0.717, 1.165) is 0 Å². The molecular weight excluding hydrogens is 362 g/mol. The van der Waals surface area contributed by atoms with Gasteiger partial charge in [0.1, 0.15) is 0 Å². The normalized spacial score (nSPS) is 11.2. The Kier molecular flexibility index (Phi) is 5.25. The van der Waals surface area contributed by atoms with E-state index >= 15 is 0 Å². The third kappa shape index (κ3) is 3.78. The van der Waals surface area contributed by atoms with Gasteiger partial charge in [-0.3, -0.25) is 19.7 Å². The first kappa shape index (κ1) is 18.9. The molecule has 0 atom stereocenters. The van der Waals surface area contributed by atoms with Crippen LogP contribution in [0.1, 0.15) is 35.9 Å². The number of nitro benzene ring substituents is 1. The molecule has 0 saturated carbocycles. The van der Waals surface area contributed by atoms with Crippen LogP contribution in [0.4, 0.5) is 5.69 Å². The van der Waals surface area contributed by atoms with Gasteiger partial charge < -0.3 is 0 Å². The summed E-state index contributed by atoms with van der Waals surface area (Å²) >= 11 is 0. The first-order valence-electron chi connectivity index (χ1n) is 8.48. The van der Waals surface area contributed by atoms with Gasteiger partial charge in [-0.25, -0.2) is 10.1 Å². The summed E-state index contributed by atoms with van der Waals surface area (Å²) in [6.45, 7) is 3.59. The van der Waals surface area contributed by atoms with Gasteiger partial charge in [-0.15, -0.1) is 0 Å². The second-order valence-electron chi connectivity index (χ2n) is 6.29. The highest BCUT2D eigenvalue weighted by Crippen LogP contribution is 2.15. The molecule has 0 radical (unpaired) electrons. The fourth-order valence-corrected chi connectivity index (χ4v) is 2.66. The number of aromatic nitrogens is 2. The van der Waals surface area contributed by atoms with Gasteiger partial charge >= 0.3 is 0 Å². The van der Waals surface area contributed by atoms with E-state index in [9.17, 15) is 19.7 Å². The highest BCUT2D eigenvalue weighted by Gasteiger charge is 2.17. The van der Waals surface area contributed by atoms with E-state index < -0.39 is 10.8 Å². The lowest BCUT2D eigenvalue weighted by Crippen LogP contribution is -2.30. The van der Waals surface area contributed by atoms with Crippen molar-refractivity contribution < 1.29 is 9.72 Å². The molecule has 2 aromatic carbocycles. The average Bonchev–Trinajstić information content (AvgIpc) is 2.68. The van der Waals surface area contributed by atoms with Crippen molar-refractivity contribution in [2.24, 2.45) is 5.10 Å². The molecule has 0 bridgehead atoms. The fourth-order valence-electron chi connectivity index (χ4n) is 2.66. The van der Waals surface area contributed by atoms with Gasteiger partial charge in [0.05, 0.1) is 22.6 Å². The molecule has 3 aromatic rings. The van der Waals surface area contributed by atoms with Crippen LogP contribution in [0, 0.1) is 10.1 Å². The quantitative estimate of drug-likeness (QED) is 0.415. The van der Waals surface area contributed by atoms with Crippen LogP contribution in [-0.2, 0) is 0 Å². The van der Waals surface area contributed by atoms with Crippen molar-refractivity contribution >= 4 is 28.6 Å². The molecular formula is C19H17N5O4. The molecule has 0 aliphatic carbocycles. The minimum Gasteiger partial charge on any atom is -0.267 e. The monoisotopic (exact) mass is 379 g/mol. The molecule has 1 amide bonds. The number of fused-ring (bicyclic) bond motifs is 1. The van der Waals surface area contributed by atoms with Crippen LogP contribution in [0.5, 0.6) is 0 Å². The Balaban J connectivity index is 1.92. The number of hydrazone groups is 1. The van der Waals surface area contributed by atoms with Crippen molar-refractivity contribution in [1.29, 1.82) is 0 Å². The zero-order chi connectivity index (χ0) is 20.3. The van der Waals surface area contributed by atoms with Crippen LogP contribution in [0.3, 0.4) is 0 Å². The number of benzene rings is 2. The van der Waals surface area contributed by atoms with Crippen molar-refractivity contribution in [3.63, 3.8) is 0 Å². The Morgan fingerprint density at radius 3 is 2.61 bits per heavy atom. The SMILES string of the molecule is CC(C)n1nc(C(=O)N/N=C\c2cccc([N+](=O)[O-])c2)c2ccccc2c1=O. The largest absolute Gasteiger partial charge is 0.292 e. The molecule has 0 aliphatic rings. The van der Waals surface area contributed by atoms with Crippen molar-refractivity contribution in [2.75, 3.05) is 0 Å². The summed E-state index contributed by atoms with van der Waals surface area (Å²) in [7, 11) is 0. The first-order valence-corrected chi connectivity index (χ1v) is 8.48. The van der Waals surface area contributed by atoms with E-state index in [1.807, 2.05) is 0 Å². The summed E-state index contributed by atoms with van der Waals surface area (Å²) in [6, 6.07) is 12.3. The molecule has 0 unspecified atom stereocenters. The Labute approximate surface area is 159 Å². The molecule has 28 heavy (non-hydrogen) atoms. The van der Waals surface area contributed by atoms with Crippen molar-refractivity contribution in [1.82, 2.24) is 15.2 Å². The highest BCUT2D eigenvalue weighted by molar-refractivity contribution is 6.05. The lowest BCUT2D eigenvalue weighted by atomic mass is 10.1. The summed E-state index contributed by atoms with van der Waals surface area (Å²) < 4.78 is 1.25. The number of nitrogens with zero attached hydrogens (tertiary/aromatic N) is 4. The maximum absolute atomic E-state index is 12.6. The smallest absolute Gasteiger partial charge is 0.267 e. The number of non-ortho nitro benzene ring substituents is 1. The average molecular weight is 379 g/mol. The Morgan fingerprint density at radius 1 is 1.21 bits per heavy atom. The molecule has 0 fully saturated rings. The molecule has 1 N–H and O–H groups in total. The summed E-state index contributed by atoms with van der Waals surface area (Å²) in [5.74, 6) is -0.590. The van der Waals surface area contributed by atoms with Crippen LogP contribution in [0.2, 0.25) is 0 Å². The molecule has 9 nitrogen and oxygen atoms in total. The van der Waals surface area contributed by atoms with Crippen LogP contribution in [-0.4, -0.2) is 26.8 Å². The number of nitro groups is 1. The number of carbonyl (C=O) groups is 1. The third-order valence-electron chi connectivity index (χ3n) is 3.99. The molecule has 1 heterocycles. The van der Waals surface area contributed by atoms with Crippen molar-refractivity contribution in [2.45, 2.75) is 19.9 Å². The second kappa shape index (κ2) is 7.78. The summed E-state index contributed by atoms with van der Waals surface area (Å²) in [5, 5.41) is 19.7. The summed E-state index contributed by atoms with van der Waals surface area (Å²) in [5.41, 5.74) is 2.53. The van der Waals surface area contributed by atoms with Crippen molar-refractivity contribution in [3.05, 3.63) is 80.3 Å². The van der Waals surface area contributed by atoms with Crippen LogP contribution < -0.4 is 11.0 Å². The lowest BCUT2D eigenvalue weighted by molar-refractivity contribution is -0.384. The van der Waals surface area contributed by atoms with Crippen molar-refractivity contribution in [3.8, 4) is 0 Å². The molecule has 142 valence electrons. The van der Waals surface area contributed by atoms with E-state index in [1.165, 1.54) is 29.1 Å². The zero-order valence-electron chi connectivity index (χ0n) is 15.2. The molecule has 9 heteroatoms. The van der Waals surface area contributed by atoms with Gasteiger partial charge in [0, 0.05) is 23.1 Å². The number of rotatable bonds is 5. The minimum absolute atomic E-state index is 0.0695. The lowest BCUT2D eigenvalue weighted by Gasteiger charge is -2.12. The Bertz CT molecular complexity index is 1150. The van der Waals surface area contributed by atoms with Gasteiger partial charge in [-0.1, -0.05) is 30.3 Å². The third-order valence-corrected chi connectivity index (χ3v) is 3.99. The molecule has 1 aromatic heterocycles. The maximum Gasteiger partial charge on any atom is 0.292 e. The van der Waals surface area contributed by atoms with Gasteiger partial charge in [0.15, 0.2) is 5.69 Å². The number of hydrogen-bond acceptors (Lipinski definition) is 6. The van der Waals surface area contributed by atoms with Gasteiger partial charge in [-0.05, 0) is 19.9 Å². The Morgan fingerprint density at radius 2 is 1.93 bits per heavy atom. The predicted octanol–water partition coefficient (Wildman–Crippen LogP) is 2.65. The molecule has 0 saturated heterocycles. The number of hydrogen-bond donors (Lipinski definition) is 1. The van der Waals surface area contributed by atoms with Gasteiger partial charge in [0.25, 0.3) is 17.2 Å². The van der Waals surface area contributed by atoms with E-state index in [1.54, 1.807) is 44.2 Å². The van der Waals surface area contributed by atoms with Gasteiger partial charge in [0.2, 0.25) is 0 Å². The molecule has 3 rings (SSSR count). The van der Waals surface area contributed by atoms with Crippen LogP contribution >= 0.6 is 0 Å². The predicted molar refractivity (Wildman–Crippen MR) is 105 cm³/mol. The van der Waals surface area contributed by atoms with E-state index in [0.29, 0.717) is 16.3 Å².